The highest BCUT2D eigenvalue weighted by atomic mass is 16.5. The summed E-state index contributed by atoms with van der Waals surface area (Å²) in [6.45, 7) is 4.99. The summed E-state index contributed by atoms with van der Waals surface area (Å²) in [6, 6.07) is 7.61. The third kappa shape index (κ3) is 14.8. The second-order valence-electron chi connectivity index (χ2n) is 8.69. The summed E-state index contributed by atoms with van der Waals surface area (Å²) in [4.78, 5) is 12.0. The number of hydrogen-bond acceptors (Lipinski definition) is 3. The van der Waals surface area contributed by atoms with Gasteiger partial charge in [0.25, 0.3) is 0 Å². The molecule has 0 bridgehead atoms. The van der Waals surface area contributed by atoms with E-state index in [0.717, 1.165) is 24.2 Å². The van der Waals surface area contributed by atoms with Gasteiger partial charge in [0.1, 0.15) is 5.75 Å². The van der Waals surface area contributed by atoms with Crippen LogP contribution in [0.1, 0.15) is 109 Å². The maximum absolute atomic E-state index is 12.0. The van der Waals surface area contributed by atoms with Crippen molar-refractivity contribution in [1.29, 1.82) is 0 Å². The smallest absolute Gasteiger partial charge is 0.330 e. The van der Waals surface area contributed by atoms with Gasteiger partial charge in [-0.3, -0.25) is 0 Å². The molecule has 1 aromatic carbocycles. The molecule has 0 aromatic heterocycles. The molecule has 0 spiro atoms. The molecule has 31 heavy (non-hydrogen) atoms. The van der Waals surface area contributed by atoms with E-state index in [1.165, 1.54) is 83.1 Å². The third-order valence-electron chi connectivity index (χ3n) is 6.03. The van der Waals surface area contributed by atoms with E-state index in [9.17, 15) is 4.79 Å². The predicted molar refractivity (Wildman–Crippen MR) is 132 cm³/mol. The fraction of sp³-hybridized carbons (Fsp3) is 0.679. The van der Waals surface area contributed by atoms with E-state index in [1.54, 1.807) is 13.2 Å². The molecule has 0 fully saturated rings. The van der Waals surface area contributed by atoms with Crippen molar-refractivity contribution in [2.75, 3.05) is 13.7 Å². The lowest BCUT2D eigenvalue weighted by molar-refractivity contribution is -0.139. The SMILES string of the molecule is CCCCCCCCCCCCCCC(CC)COC(=O)C=Cc1ccc(OC)cc1. The van der Waals surface area contributed by atoms with Gasteiger partial charge in [-0.2, -0.15) is 0 Å². The Morgan fingerprint density at radius 1 is 0.839 bits per heavy atom. The van der Waals surface area contributed by atoms with Crippen LogP contribution in [0.5, 0.6) is 5.75 Å². The Hall–Kier alpha value is -1.77. The predicted octanol–water partition coefficient (Wildman–Crippen LogP) is 8.37. The summed E-state index contributed by atoms with van der Waals surface area (Å²) in [5.41, 5.74) is 0.960. The van der Waals surface area contributed by atoms with Gasteiger partial charge in [0, 0.05) is 6.08 Å². The molecule has 176 valence electrons. The summed E-state index contributed by atoms with van der Waals surface area (Å²) >= 11 is 0. The van der Waals surface area contributed by atoms with Gasteiger partial charge in [-0.1, -0.05) is 109 Å². The Labute approximate surface area is 191 Å². The minimum Gasteiger partial charge on any atom is -0.497 e. The quantitative estimate of drug-likeness (QED) is 0.126. The van der Waals surface area contributed by atoms with E-state index in [0.29, 0.717) is 12.5 Å². The van der Waals surface area contributed by atoms with Crippen LogP contribution in [-0.2, 0) is 9.53 Å². The van der Waals surface area contributed by atoms with Gasteiger partial charge in [0.15, 0.2) is 0 Å². The minimum absolute atomic E-state index is 0.260. The average Bonchev–Trinajstić information content (AvgIpc) is 2.80. The minimum atomic E-state index is -0.260. The largest absolute Gasteiger partial charge is 0.497 e. The maximum Gasteiger partial charge on any atom is 0.330 e. The summed E-state index contributed by atoms with van der Waals surface area (Å²) in [5, 5.41) is 0. The molecule has 0 heterocycles. The number of carbonyl (C=O) groups is 1. The van der Waals surface area contributed by atoms with Crippen LogP contribution < -0.4 is 4.74 Å². The molecule has 1 unspecified atom stereocenters. The molecule has 0 radical (unpaired) electrons. The van der Waals surface area contributed by atoms with Crippen molar-refractivity contribution in [2.45, 2.75) is 104 Å². The van der Waals surface area contributed by atoms with Crippen LogP contribution in [0.4, 0.5) is 0 Å². The Morgan fingerprint density at radius 2 is 1.39 bits per heavy atom. The van der Waals surface area contributed by atoms with Crippen molar-refractivity contribution in [2.24, 2.45) is 5.92 Å². The molecule has 0 aliphatic rings. The molecule has 0 saturated carbocycles. The zero-order valence-corrected chi connectivity index (χ0v) is 20.4. The lowest BCUT2D eigenvalue weighted by atomic mass is 9.98. The van der Waals surface area contributed by atoms with E-state index in [1.807, 2.05) is 24.3 Å². The van der Waals surface area contributed by atoms with E-state index in [4.69, 9.17) is 9.47 Å². The molecule has 0 N–H and O–H groups in total. The normalized spacial score (nSPS) is 12.2. The lowest BCUT2D eigenvalue weighted by Gasteiger charge is -2.14. The topological polar surface area (TPSA) is 35.5 Å². The van der Waals surface area contributed by atoms with Crippen molar-refractivity contribution >= 4 is 12.0 Å². The molecule has 1 aromatic rings. The van der Waals surface area contributed by atoms with Gasteiger partial charge in [-0.05, 0) is 36.1 Å². The van der Waals surface area contributed by atoms with E-state index < -0.39 is 0 Å². The van der Waals surface area contributed by atoms with Crippen molar-refractivity contribution in [3.63, 3.8) is 0 Å². The van der Waals surface area contributed by atoms with Gasteiger partial charge in [0.2, 0.25) is 0 Å². The molecular weight excluding hydrogens is 384 g/mol. The van der Waals surface area contributed by atoms with Crippen LogP contribution in [-0.4, -0.2) is 19.7 Å². The van der Waals surface area contributed by atoms with Crippen molar-refractivity contribution in [1.82, 2.24) is 0 Å². The fourth-order valence-electron chi connectivity index (χ4n) is 3.81. The van der Waals surface area contributed by atoms with Crippen LogP contribution in [0, 0.1) is 5.92 Å². The van der Waals surface area contributed by atoms with Crippen molar-refractivity contribution in [3.05, 3.63) is 35.9 Å². The number of ether oxygens (including phenoxy) is 2. The Bertz CT molecular complexity index is 576. The average molecular weight is 431 g/mol. The van der Waals surface area contributed by atoms with Crippen LogP contribution in [0.25, 0.3) is 6.08 Å². The lowest BCUT2D eigenvalue weighted by Crippen LogP contribution is -2.12. The first kappa shape index (κ1) is 27.3. The summed E-state index contributed by atoms with van der Waals surface area (Å²) in [7, 11) is 1.64. The van der Waals surface area contributed by atoms with Gasteiger partial charge in [-0.15, -0.1) is 0 Å². The Morgan fingerprint density at radius 3 is 1.90 bits per heavy atom. The van der Waals surface area contributed by atoms with Gasteiger partial charge in [0.05, 0.1) is 13.7 Å². The molecule has 0 amide bonds. The Kier molecular flexibility index (Phi) is 16.7. The molecule has 1 rings (SSSR count). The fourth-order valence-corrected chi connectivity index (χ4v) is 3.81. The number of esters is 1. The van der Waals surface area contributed by atoms with Crippen molar-refractivity contribution in [3.8, 4) is 5.75 Å². The second-order valence-corrected chi connectivity index (χ2v) is 8.69. The van der Waals surface area contributed by atoms with Gasteiger partial charge < -0.3 is 9.47 Å². The van der Waals surface area contributed by atoms with E-state index in [2.05, 4.69) is 13.8 Å². The van der Waals surface area contributed by atoms with Crippen molar-refractivity contribution < 1.29 is 14.3 Å². The molecular formula is C28H46O3. The first-order valence-corrected chi connectivity index (χ1v) is 12.7. The molecule has 0 saturated heterocycles. The number of carbonyl (C=O) groups excluding carboxylic acids is 1. The second kappa shape index (κ2) is 19.0. The molecule has 3 nitrogen and oxygen atoms in total. The highest BCUT2D eigenvalue weighted by Gasteiger charge is 2.09. The third-order valence-corrected chi connectivity index (χ3v) is 6.03. The Balaban J connectivity index is 2.04. The first-order chi connectivity index (χ1) is 15.2. The molecule has 0 aliphatic carbocycles. The summed E-state index contributed by atoms with van der Waals surface area (Å²) in [5.74, 6) is 1.02. The highest BCUT2D eigenvalue weighted by Crippen LogP contribution is 2.17. The zero-order valence-electron chi connectivity index (χ0n) is 20.4. The number of benzene rings is 1. The van der Waals surface area contributed by atoms with E-state index in [-0.39, 0.29) is 5.97 Å². The van der Waals surface area contributed by atoms with Gasteiger partial charge in [-0.25, -0.2) is 4.79 Å². The number of rotatable bonds is 19. The van der Waals surface area contributed by atoms with Crippen LogP contribution in [0.3, 0.4) is 0 Å². The standard InChI is InChI=1S/C28H46O3/c1-4-6-7-8-9-10-11-12-13-14-15-16-17-25(5-2)24-31-28(29)23-20-26-18-21-27(30-3)22-19-26/h18-23,25H,4-17,24H2,1-3H3. The monoisotopic (exact) mass is 430 g/mol. The number of unbranched alkanes of at least 4 members (excludes halogenated alkanes) is 11. The summed E-state index contributed by atoms with van der Waals surface area (Å²) < 4.78 is 10.6. The van der Waals surface area contributed by atoms with Gasteiger partial charge >= 0.3 is 5.97 Å². The molecule has 3 heteroatoms. The molecule has 0 aliphatic heterocycles. The number of methoxy groups -OCH3 is 1. The summed E-state index contributed by atoms with van der Waals surface area (Å²) in [6.07, 6.45) is 22.0. The highest BCUT2D eigenvalue weighted by molar-refractivity contribution is 5.87. The maximum atomic E-state index is 12.0. The van der Waals surface area contributed by atoms with Crippen LogP contribution in [0.15, 0.2) is 30.3 Å². The van der Waals surface area contributed by atoms with E-state index >= 15 is 0 Å². The zero-order chi connectivity index (χ0) is 22.6. The number of hydrogen-bond donors (Lipinski definition) is 0. The van der Waals surface area contributed by atoms with Crippen LogP contribution >= 0.6 is 0 Å². The van der Waals surface area contributed by atoms with Crippen LogP contribution in [0.2, 0.25) is 0 Å². The first-order valence-electron chi connectivity index (χ1n) is 12.7. The molecule has 1 atom stereocenters.